The SMILES string of the molecule is CCOC(=O)C(NCC1(O)CCOC1)c1ccccc1. The molecule has 0 amide bonds. The Morgan fingerprint density at radius 2 is 2.25 bits per heavy atom. The van der Waals surface area contributed by atoms with Gasteiger partial charge in [-0.25, -0.2) is 4.79 Å². The van der Waals surface area contributed by atoms with Crippen molar-refractivity contribution in [1.29, 1.82) is 0 Å². The molecule has 1 saturated heterocycles. The summed E-state index contributed by atoms with van der Waals surface area (Å²) < 4.78 is 10.3. The minimum absolute atomic E-state index is 0.296. The highest BCUT2D eigenvalue weighted by Crippen LogP contribution is 2.20. The fourth-order valence-corrected chi connectivity index (χ4v) is 2.24. The summed E-state index contributed by atoms with van der Waals surface area (Å²) in [5, 5.41) is 13.4. The smallest absolute Gasteiger partial charge is 0.327 e. The summed E-state index contributed by atoms with van der Waals surface area (Å²) >= 11 is 0. The third kappa shape index (κ3) is 3.79. The lowest BCUT2D eigenvalue weighted by atomic mass is 10.0. The minimum atomic E-state index is -0.903. The van der Waals surface area contributed by atoms with Crippen LogP contribution in [0, 0.1) is 0 Å². The number of carbonyl (C=O) groups is 1. The molecule has 1 aliphatic rings. The van der Waals surface area contributed by atoms with Crippen molar-refractivity contribution in [3.63, 3.8) is 0 Å². The summed E-state index contributed by atoms with van der Waals surface area (Å²) in [6.45, 7) is 3.25. The number of ether oxygens (including phenoxy) is 2. The van der Waals surface area contributed by atoms with E-state index in [4.69, 9.17) is 9.47 Å². The fourth-order valence-electron chi connectivity index (χ4n) is 2.24. The van der Waals surface area contributed by atoms with Crippen molar-refractivity contribution in [2.75, 3.05) is 26.4 Å². The van der Waals surface area contributed by atoms with E-state index in [1.807, 2.05) is 30.3 Å². The summed E-state index contributed by atoms with van der Waals surface area (Å²) in [6.07, 6.45) is 0.574. The molecule has 1 aromatic carbocycles. The number of benzene rings is 1. The van der Waals surface area contributed by atoms with Crippen molar-refractivity contribution in [1.82, 2.24) is 5.32 Å². The molecule has 5 heteroatoms. The number of esters is 1. The third-order valence-electron chi connectivity index (χ3n) is 3.37. The van der Waals surface area contributed by atoms with Crippen molar-refractivity contribution in [3.8, 4) is 0 Å². The van der Waals surface area contributed by atoms with E-state index in [0.29, 0.717) is 32.8 Å². The van der Waals surface area contributed by atoms with Gasteiger partial charge in [-0.05, 0) is 12.5 Å². The van der Waals surface area contributed by atoms with Crippen LogP contribution in [0.5, 0.6) is 0 Å². The zero-order valence-electron chi connectivity index (χ0n) is 11.7. The lowest BCUT2D eigenvalue weighted by molar-refractivity contribution is -0.146. The second-order valence-corrected chi connectivity index (χ2v) is 5.00. The molecule has 0 bridgehead atoms. The van der Waals surface area contributed by atoms with Gasteiger partial charge in [0.25, 0.3) is 0 Å². The summed E-state index contributed by atoms with van der Waals surface area (Å²) in [4.78, 5) is 12.1. The molecule has 110 valence electrons. The number of hydrogen-bond acceptors (Lipinski definition) is 5. The summed E-state index contributed by atoms with van der Waals surface area (Å²) in [7, 11) is 0. The quantitative estimate of drug-likeness (QED) is 0.761. The lowest BCUT2D eigenvalue weighted by Gasteiger charge is -2.25. The highest BCUT2D eigenvalue weighted by molar-refractivity contribution is 5.77. The van der Waals surface area contributed by atoms with Crippen LogP contribution in [0.4, 0.5) is 0 Å². The predicted octanol–water partition coefficient (Wildman–Crippen LogP) is 1.03. The number of hydrogen-bond donors (Lipinski definition) is 2. The Morgan fingerprint density at radius 3 is 2.85 bits per heavy atom. The van der Waals surface area contributed by atoms with E-state index in [9.17, 15) is 9.90 Å². The first-order chi connectivity index (χ1) is 9.64. The Morgan fingerprint density at radius 1 is 1.50 bits per heavy atom. The summed E-state index contributed by atoms with van der Waals surface area (Å²) in [5.74, 6) is -0.332. The van der Waals surface area contributed by atoms with Crippen molar-refractivity contribution in [2.45, 2.75) is 25.0 Å². The van der Waals surface area contributed by atoms with Gasteiger partial charge in [0, 0.05) is 19.6 Å². The van der Waals surface area contributed by atoms with E-state index < -0.39 is 11.6 Å². The first kappa shape index (κ1) is 15.0. The Hall–Kier alpha value is -1.43. The molecule has 2 N–H and O–H groups in total. The topological polar surface area (TPSA) is 67.8 Å². The van der Waals surface area contributed by atoms with Crippen LogP contribution in [0.25, 0.3) is 0 Å². The molecule has 2 rings (SSSR count). The molecule has 0 aliphatic carbocycles. The van der Waals surface area contributed by atoms with E-state index in [2.05, 4.69) is 5.32 Å². The Kier molecular flexibility index (Phi) is 5.11. The largest absolute Gasteiger partial charge is 0.465 e. The normalized spacial score (nSPS) is 23.5. The van der Waals surface area contributed by atoms with E-state index >= 15 is 0 Å². The van der Waals surface area contributed by atoms with E-state index in [1.165, 1.54) is 0 Å². The van der Waals surface area contributed by atoms with E-state index in [-0.39, 0.29) is 5.97 Å². The molecular weight excluding hydrogens is 258 g/mol. The molecule has 1 heterocycles. The highest BCUT2D eigenvalue weighted by Gasteiger charge is 2.34. The number of aliphatic hydroxyl groups is 1. The molecule has 0 saturated carbocycles. The van der Waals surface area contributed by atoms with Gasteiger partial charge in [-0.2, -0.15) is 0 Å². The first-order valence-electron chi connectivity index (χ1n) is 6.90. The Bertz CT molecular complexity index is 429. The van der Waals surface area contributed by atoms with Crippen LogP contribution in [-0.4, -0.2) is 43.0 Å². The molecule has 0 radical (unpaired) electrons. The van der Waals surface area contributed by atoms with Crippen LogP contribution < -0.4 is 5.32 Å². The van der Waals surface area contributed by atoms with Crippen LogP contribution in [0.2, 0.25) is 0 Å². The molecule has 2 unspecified atom stereocenters. The minimum Gasteiger partial charge on any atom is -0.465 e. The average molecular weight is 279 g/mol. The van der Waals surface area contributed by atoms with Gasteiger partial charge >= 0.3 is 5.97 Å². The second-order valence-electron chi connectivity index (χ2n) is 5.00. The molecule has 1 aliphatic heterocycles. The Labute approximate surface area is 118 Å². The fraction of sp³-hybridized carbons (Fsp3) is 0.533. The van der Waals surface area contributed by atoms with Gasteiger partial charge in [0.2, 0.25) is 0 Å². The molecule has 20 heavy (non-hydrogen) atoms. The molecule has 2 atom stereocenters. The van der Waals surface area contributed by atoms with Crippen LogP contribution in [0.3, 0.4) is 0 Å². The maximum Gasteiger partial charge on any atom is 0.327 e. The molecule has 0 spiro atoms. The molecule has 1 fully saturated rings. The van der Waals surface area contributed by atoms with Crippen molar-refractivity contribution in [3.05, 3.63) is 35.9 Å². The van der Waals surface area contributed by atoms with Crippen LogP contribution >= 0.6 is 0 Å². The average Bonchev–Trinajstić information content (AvgIpc) is 2.88. The van der Waals surface area contributed by atoms with Gasteiger partial charge in [-0.1, -0.05) is 30.3 Å². The zero-order chi connectivity index (χ0) is 14.4. The van der Waals surface area contributed by atoms with Gasteiger partial charge in [0.15, 0.2) is 0 Å². The molecular formula is C15H21NO4. The molecule has 0 aromatic heterocycles. The summed E-state index contributed by atoms with van der Waals surface area (Å²) in [5.41, 5.74) is -0.0760. The molecule has 1 aromatic rings. The maximum absolute atomic E-state index is 12.1. The summed E-state index contributed by atoms with van der Waals surface area (Å²) in [6, 6.07) is 8.80. The standard InChI is InChI=1S/C15H21NO4/c1-2-20-14(17)13(12-6-4-3-5-7-12)16-10-15(18)8-9-19-11-15/h3-7,13,16,18H,2,8-11H2,1H3. The number of nitrogens with one attached hydrogen (secondary N) is 1. The lowest BCUT2D eigenvalue weighted by Crippen LogP contribution is -2.44. The van der Waals surface area contributed by atoms with Gasteiger partial charge in [-0.15, -0.1) is 0 Å². The van der Waals surface area contributed by atoms with Gasteiger partial charge < -0.3 is 14.6 Å². The van der Waals surface area contributed by atoms with E-state index in [1.54, 1.807) is 6.92 Å². The second kappa shape index (κ2) is 6.83. The molecule has 5 nitrogen and oxygen atoms in total. The number of rotatable bonds is 6. The van der Waals surface area contributed by atoms with Crippen LogP contribution in [-0.2, 0) is 14.3 Å². The monoisotopic (exact) mass is 279 g/mol. The Balaban J connectivity index is 2.05. The van der Waals surface area contributed by atoms with Crippen LogP contribution in [0.1, 0.15) is 24.9 Å². The zero-order valence-corrected chi connectivity index (χ0v) is 11.7. The van der Waals surface area contributed by atoms with Crippen molar-refractivity contribution < 1.29 is 19.4 Å². The number of carbonyl (C=O) groups excluding carboxylic acids is 1. The van der Waals surface area contributed by atoms with Crippen molar-refractivity contribution in [2.24, 2.45) is 0 Å². The van der Waals surface area contributed by atoms with Gasteiger partial charge in [-0.3, -0.25) is 5.32 Å². The van der Waals surface area contributed by atoms with E-state index in [0.717, 1.165) is 5.56 Å². The van der Waals surface area contributed by atoms with Crippen LogP contribution in [0.15, 0.2) is 30.3 Å². The van der Waals surface area contributed by atoms with Gasteiger partial charge in [0.05, 0.1) is 13.2 Å². The maximum atomic E-state index is 12.1. The van der Waals surface area contributed by atoms with Crippen molar-refractivity contribution >= 4 is 5.97 Å². The van der Waals surface area contributed by atoms with Gasteiger partial charge in [0.1, 0.15) is 11.6 Å². The third-order valence-corrected chi connectivity index (χ3v) is 3.37. The first-order valence-corrected chi connectivity index (χ1v) is 6.90. The highest BCUT2D eigenvalue weighted by atomic mass is 16.5. The predicted molar refractivity (Wildman–Crippen MR) is 74.2 cm³/mol.